The number of nitrogens with one attached hydrogen (secondary N) is 1. The van der Waals surface area contributed by atoms with E-state index in [0.717, 1.165) is 16.7 Å². The molecule has 0 saturated carbocycles. The first-order valence-corrected chi connectivity index (χ1v) is 9.43. The summed E-state index contributed by atoms with van der Waals surface area (Å²) in [6.07, 6.45) is 2.03. The van der Waals surface area contributed by atoms with Crippen LogP contribution < -0.4 is 15.0 Å². The number of likely N-dealkylation sites (N-methyl/N-ethyl adjacent to an activating group) is 1. The Balaban J connectivity index is 1.46. The third-order valence-electron chi connectivity index (χ3n) is 5.15. The number of aromatic nitrogens is 4. The van der Waals surface area contributed by atoms with Crippen molar-refractivity contribution in [3.63, 3.8) is 0 Å². The molecule has 1 aromatic carbocycles. The molecule has 152 valence electrons. The summed E-state index contributed by atoms with van der Waals surface area (Å²) < 4.78 is 9.43. The standard InChI is InChI=1S/C20H24N6O3/c1-12-18-15(25(5)23-12)11-21-26(18)9-8-17(27)22-13-6-7-14-16(10-13)29-20(2,3)19(28)24(14)4/h6-7,10-11H,8-9H2,1-5H3,(H,22,27). The van der Waals surface area contributed by atoms with Crippen LogP contribution in [0.4, 0.5) is 11.4 Å². The molecule has 9 heteroatoms. The summed E-state index contributed by atoms with van der Waals surface area (Å²) in [6, 6.07) is 5.28. The normalized spacial score (nSPS) is 15.3. The smallest absolute Gasteiger partial charge is 0.270 e. The lowest BCUT2D eigenvalue weighted by Crippen LogP contribution is -2.50. The van der Waals surface area contributed by atoms with Crippen molar-refractivity contribution in [2.24, 2.45) is 7.05 Å². The third-order valence-corrected chi connectivity index (χ3v) is 5.15. The minimum Gasteiger partial charge on any atom is -0.476 e. The molecule has 1 aliphatic heterocycles. The number of anilines is 2. The van der Waals surface area contributed by atoms with Crippen LogP contribution in [0, 0.1) is 6.92 Å². The van der Waals surface area contributed by atoms with Gasteiger partial charge in [0, 0.05) is 32.3 Å². The van der Waals surface area contributed by atoms with E-state index in [1.807, 2.05) is 14.0 Å². The number of hydrogen-bond acceptors (Lipinski definition) is 5. The summed E-state index contributed by atoms with van der Waals surface area (Å²) in [7, 11) is 3.59. The van der Waals surface area contributed by atoms with Gasteiger partial charge in [-0.15, -0.1) is 0 Å². The maximum absolute atomic E-state index is 12.5. The van der Waals surface area contributed by atoms with Crippen LogP contribution >= 0.6 is 0 Å². The summed E-state index contributed by atoms with van der Waals surface area (Å²) in [5.41, 5.74) is 3.12. The number of hydrogen-bond donors (Lipinski definition) is 1. The highest BCUT2D eigenvalue weighted by atomic mass is 16.5. The molecular weight excluding hydrogens is 372 g/mol. The second-order valence-corrected chi connectivity index (χ2v) is 7.77. The number of amides is 2. The molecule has 0 spiro atoms. The molecule has 0 unspecified atom stereocenters. The van der Waals surface area contributed by atoms with E-state index in [9.17, 15) is 9.59 Å². The Morgan fingerprint density at radius 1 is 1.28 bits per heavy atom. The topological polar surface area (TPSA) is 94.3 Å². The summed E-state index contributed by atoms with van der Waals surface area (Å²) in [5.74, 6) is 0.322. The molecule has 2 amide bonds. The molecule has 1 N–H and O–H groups in total. The lowest BCUT2D eigenvalue weighted by atomic mass is 10.0. The highest BCUT2D eigenvalue weighted by Gasteiger charge is 2.39. The molecule has 3 heterocycles. The zero-order valence-corrected chi connectivity index (χ0v) is 17.2. The van der Waals surface area contributed by atoms with Crippen molar-refractivity contribution in [1.82, 2.24) is 19.6 Å². The Morgan fingerprint density at radius 3 is 2.79 bits per heavy atom. The fraction of sp³-hybridized carbons (Fsp3) is 0.400. The van der Waals surface area contributed by atoms with E-state index < -0.39 is 5.60 Å². The van der Waals surface area contributed by atoms with E-state index in [1.54, 1.807) is 59.6 Å². The molecule has 0 atom stereocenters. The molecular formula is C20H24N6O3. The predicted octanol–water partition coefficient (Wildman–Crippen LogP) is 2.24. The van der Waals surface area contributed by atoms with Gasteiger partial charge in [0.1, 0.15) is 16.8 Å². The molecule has 9 nitrogen and oxygen atoms in total. The minimum atomic E-state index is -0.947. The molecule has 3 aromatic rings. The van der Waals surface area contributed by atoms with E-state index in [2.05, 4.69) is 15.5 Å². The van der Waals surface area contributed by atoms with Gasteiger partial charge in [0.15, 0.2) is 5.60 Å². The summed E-state index contributed by atoms with van der Waals surface area (Å²) in [5, 5.41) is 11.6. The van der Waals surface area contributed by atoms with Gasteiger partial charge in [-0.25, -0.2) is 0 Å². The molecule has 0 bridgehead atoms. The zero-order chi connectivity index (χ0) is 20.9. The Morgan fingerprint density at radius 2 is 2.03 bits per heavy atom. The zero-order valence-electron chi connectivity index (χ0n) is 17.2. The molecule has 1 aliphatic rings. The van der Waals surface area contributed by atoms with Crippen LogP contribution in [0.1, 0.15) is 26.0 Å². The van der Waals surface area contributed by atoms with Crippen molar-refractivity contribution in [2.75, 3.05) is 17.3 Å². The number of ether oxygens (including phenoxy) is 1. The van der Waals surface area contributed by atoms with Gasteiger partial charge in [0.25, 0.3) is 5.91 Å². The van der Waals surface area contributed by atoms with Crippen molar-refractivity contribution in [3.8, 4) is 5.75 Å². The van der Waals surface area contributed by atoms with Crippen molar-refractivity contribution < 1.29 is 14.3 Å². The van der Waals surface area contributed by atoms with Crippen LogP contribution in [0.2, 0.25) is 0 Å². The summed E-state index contributed by atoms with van der Waals surface area (Å²) >= 11 is 0. The Hall–Kier alpha value is -3.36. The van der Waals surface area contributed by atoms with Crippen LogP contribution in [0.3, 0.4) is 0 Å². The first kappa shape index (κ1) is 19.0. The molecule has 0 radical (unpaired) electrons. The van der Waals surface area contributed by atoms with Crippen molar-refractivity contribution in [1.29, 1.82) is 0 Å². The lowest BCUT2D eigenvalue weighted by molar-refractivity contribution is -0.132. The van der Waals surface area contributed by atoms with Crippen LogP contribution in [-0.2, 0) is 23.2 Å². The van der Waals surface area contributed by atoms with Gasteiger partial charge >= 0.3 is 0 Å². The molecule has 0 saturated heterocycles. The van der Waals surface area contributed by atoms with Gasteiger partial charge in [0.2, 0.25) is 5.91 Å². The first-order chi connectivity index (χ1) is 13.7. The largest absolute Gasteiger partial charge is 0.476 e. The van der Waals surface area contributed by atoms with Crippen LogP contribution in [0.5, 0.6) is 5.75 Å². The number of aryl methyl sites for hydroxylation is 3. The van der Waals surface area contributed by atoms with Crippen molar-refractivity contribution in [3.05, 3.63) is 30.1 Å². The number of carbonyl (C=O) groups is 2. The average Bonchev–Trinajstić information content (AvgIpc) is 3.19. The van der Waals surface area contributed by atoms with E-state index >= 15 is 0 Å². The monoisotopic (exact) mass is 396 g/mol. The number of rotatable bonds is 4. The number of carbonyl (C=O) groups excluding carboxylic acids is 2. The van der Waals surface area contributed by atoms with Gasteiger partial charge in [0.05, 0.1) is 24.1 Å². The SMILES string of the molecule is Cc1nn(C)c2cnn(CCC(=O)Nc3ccc4c(c3)OC(C)(C)C(=O)N4C)c12. The fourth-order valence-electron chi connectivity index (χ4n) is 3.69. The van der Waals surface area contributed by atoms with Gasteiger partial charge in [-0.05, 0) is 32.9 Å². The Kier molecular flexibility index (Phi) is 4.33. The minimum absolute atomic E-state index is 0.113. The summed E-state index contributed by atoms with van der Waals surface area (Å²) in [4.78, 5) is 26.3. The van der Waals surface area contributed by atoms with Crippen LogP contribution in [-0.4, -0.2) is 44.0 Å². The summed E-state index contributed by atoms with van der Waals surface area (Å²) in [6.45, 7) is 5.83. The van der Waals surface area contributed by atoms with E-state index in [1.165, 1.54) is 0 Å². The maximum Gasteiger partial charge on any atom is 0.270 e. The molecule has 0 fully saturated rings. The number of nitrogens with zero attached hydrogens (tertiary/aromatic N) is 5. The average molecular weight is 396 g/mol. The highest BCUT2D eigenvalue weighted by Crippen LogP contribution is 2.38. The van der Waals surface area contributed by atoms with Crippen LogP contribution in [0.25, 0.3) is 11.0 Å². The first-order valence-electron chi connectivity index (χ1n) is 9.43. The quantitative estimate of drug-likeness (QED) is 0.730. The molecule has 2 aromatic heterocycles. The van der Waals surface area contributed by atoms with Crippen molar-refractivity contribution in [2.45, 2.75) is 39.3 Å². The molecule has 0 aliphatic carbocycles. The lowest BCUT2D eigenvalue weighted by Gasteiger charge is -2.37. The maximum atomic E-state index is 12.5. The Bertz CT molecular complexity index is 1130. The van der Waals surface area contributed by atoms with E-state index in [4.69, 9.17) is 4.74 Å². The van der Waals surface area contributed by atoms with Crippen LogP contribution in [0.15, 0.2) is 24.4 Å². The number of benzene rings is 1. The predicted molar refractivity (Wildman–Crippen MR) is 109 cm³/mol. The second kappa shape index (κ2) is 6.61. The van der Waals surface area contributed by atoms with Gasteiger partial charge < -0.3 is 15.0 Å². The Labute approximate surface area is 168 Å². The van der Waals surface area contributed by atoms with Gasteiger partial charge in [-0.2, -0.15) is 10.2 Å². The number of fused-ring (bicyclic) bond motifs is 2. The fourth-order valence-corrected chi connectivity index (χ4v) is 3.69. The van der Waals surface area contributed by atoms with E-state index in [0.29, 0.717) is 23.7 Å². The van der Waals surface area contributed by atoms with Crippen molar-refractivity contribution >= 4 is 34.2 Å². The van der Waals surface area contributed by atoms with Gasteiger partial charge in [-0.1, -0.05) is 0 Å². The molecule has 29 heavy (non-hydrogen) atoms. The van der Waals surface area contributed by atoms with Gasteiger partial charge in [-0.3, -0.25) is 19.0 Å². The third kappa shape index (κ3) is 3.22. The van der Waals surface area contributed by atoms with E-state index in [-0.39, 0.29) is 18.2 Å². The molecule has 4 rings (SSSR count). The second-order valence-electron chi connectivity index (χ2n) is 7.77. The highest BCUT2D eigenvalue weighted by molar-refractivity contribution is 6.02.